The Bertz CT molecular complexity index is 102. The van der Waals surface area contributed by atoms with Crippen molar-refractivity contribution in [3.05, 3.63) is 12.7 Å². The fourth-order valence-electron chi connectivity index (χ4n) is 0.267. The lowest BCUT2D eigenvalue weighted by atomic mass is 10.5. The zero-order valence-electron chi connectivity index (χ0n) is 4.96. The monoisotopic (exact) mass is 131 g/mol. The fraction of sp³-hybridized carbons (Fsp3) is 0.400. The molecule has 4 heteroatoms. The highest BCUT2D eigenvalue weighted by atomic mass is 16.6. The maximum absolute atomic E-state index is 10.1. The standard InChI is InChI=1S/C5H9NO3/c1-2-3-4-9-5(7)6-8/h2,8H,1,3-4H2,(H,6,7). The second kappa shape index (κ2) is 5.11. The van der Waals surface area contributed by atoms with Crippen LogP contribution in [-0.4, -0.2) is 17.9 Å². The molecule has 0 aliphatic rings. The SMILES string of the molecule is C=CCCOC(=O)NO. The van der Waals surface area contributed by atoms with Gasteiger partial charge in [-0.05, 0) is 6.42 Å². The summed E-state index contributed by atoms with van der Waals surface area (Å²) in [4.78, 5) is 10.1. The van der Waals surface area contributed by atoms with Crippen LogP contribution >= 0.6 is 0 Å². The summed E-state index contributed by atoms with van der Waals surface area (Å²) < 4.78 is 4.36. The van der Waals surface area contributed by atoms with E-state index in [1.807, 2.05) is 0 Å². The molecule has 0 unspecified atom stereocenters. The van der Waals surface area contributed by atoms with Crippen molar-refractivity contribution in [1.82, 2.24) is 5.48 Å². The number of carbonyl (C=O) groups is 1. The van der Waals surface area contributed by atoms with Gasteiger partial charge >= 0.3 is 6.09 Å². The Kier molecular flexibility index (Phi) is 4.53. The lowest BCUT2D eigenvalue weighted by Gasteiger charge is -1.98. The molecule has 0 aromatic heterocycles. The van der Waals surface area contributed by atoms with Crippen molar-refractivity contribution in [3.8, 4) is 0 Å². The number of hydroxylamine groups is 1. The van der Waals surface area contributed by atoms with Gasteiger partial charge in [0.2, 0.25) is 0 Å². The van der Waals surface area contributed by atoms with Crippen LogP contribution in [0.1, 0.15) is 6.42 Å². The van der Waals surface area contributed by atoms with Gasteiger partial charge in [-0.3, -0.25) is 5.21 Å². The number of amides is 1. The average Bonchev–Trinajstić information content (AvgIpc) is 1.89. The normalized spacial score (nSPS) is 8.11. The number of carbonyl (C=O) groups excluding carboxylic acids is 1. The largest absolute Gasteiger partial charge is 0.448 e. The van der Waals surface area contributed by atoms with Crippen LogP contribution in [0.3, 0.4) is 0 Å². The molecule has 0 aliphatic carbocycles. The first kappa shape index (κ1) is 7.97. The number of hydrogen-bond donors (Lipinski definition) is 2. The van der Waals surface area contributed by atoms with E-state index < -0.39 is 6.09 Å². The molecule has 0 saturated heterocycles. The lowest BCUT2D eigenvalue weighted by Crippen LogP contribution is -2.20. The zero-order valence-corrected chi connectivity index (χ0v) is 4.96. The quantitative estimate of drug-likeness (QED) is 0.256. The Morgan fingerprint density at radius 3 is 3.00 bits per heavy atom. The molecular weight excluding hydrogens is 122 g/mol. The Morgan fingerprint density at radius 2 is 2.56 bits per heavy atom. The van der Waals surface area contributed by atoms with Gasteiger partial charge in [0, 0.05) is 0 Å². The van der Waals surface area contributed by atoms with E-state index in [1.165, 1.54) is 5.48 Å². The van der Waals surface area contributed by atoms with Crippen molar-refractivity contribution < 1.29 is 14.7 Å². The van der Waals surface area contributed by atoms with E-state index in [-0.39, 0.29) is 6.61 Å². The molecule has 0 fully saturated rings. The topological polar surface area (TPSA) is 58.6 Å². The molecule has 2 N–H and O–H groups in total. The zero-order chi connectivity index (χ0) is 7.11. The van der Waals surface area contributed by atoms with Gasteiger partial charge in [-0.2, -0.15) is 0 Å². The van der Waals surface area contributed by atoms with Crippen molar-refractivity contribution >= 4 is 6.09 Å². The summed E-state index contributed by atoms with van der Waals surface area (Å²) in [6.07, 6.45) is 1.37. The molecule has 0 aromatic rings. The summed E-state index contributed by atoms with van der Waals surface area (Å²) in [5.74, 6) is 0. The molecule has 0 spiro atoms. The molecule has 0 radical (unpaired) electrons. The van der Waals surface area contributed by atoms with Crippen LogP contribution in [0.25, 0.3) is 0 Å². The smallest absolute Gasteiger partial charge is 0.431 e. The third-order valence-corrected chi connectivity index (χ3v) is 0.646. The predicted octanol–water partition coefficient (Wildman–Crippen LogP) is 0.678. The van der Waals surface area contributed by atoms with Crippen molar-refractivity contribution in [2.45, 2.75) is 6.42 Å². The number of ether oxygens (including phenoxy) is 1. The van der Waals surface area contributed by atoms with Gasteiger partial charge in [0.15, 0.2) is 0 Å². The summed E-state index contributed by atoms with van der Waals surface area (Å²) in [7, 11) is 0. The Hall–Kier alpha value is -1.03. The summed E-state index contributed by atoms with van der Waals surface area (Å²) in [6, 6.07) is 0. The van der Waals surface area contributed by atoms with Crippen molar-refractivity contribution in [2.24, 2.45) is 0 Å². The maximum atomic E-state index is 10.1. The maximum Gasteiger partial charge on any atom is 0.431 e. The molecule has 0 aromatic carbocycles. The van der Waals surface area contributed by atoms with Crippen LogP contribution < -0.4 is 5.48 Å². The van der Waals surface area contributed by atoms with E-state index >= 15 is 0 Å². The molecular formula is C5H9NO3. The second-order valence-electron chi connectivity index (χ2n) is 1.33. The lowest BCUT2D eigenvalue weighted by molar-refractivity contribution is 0.0904. The van der Waals surface area contributed by atoms with Crippen molar-refractivity contribution in [3.63, 3.8) is 0 Å². The Morgan fingerprint density at radius 1 is 1.89 bits per heavy atom. The third kappa shape index (κ3) is 4.83. The van der Waals surface area contributed by atoms with E-state index in [1.54, 1.807) is 6.08 Å². The first-order valence-electron chi connectivity index (χ1n) is 2.49. The van der Waals surface area contributed by atoms with Crippen LogP contribution in [0.15, 0.2) is 12.7 Å². The van der Waals surface area contributed by atoms with Gasteiger partial charge in [-0.15, -0.1) is 6.58 Å². The molecule has 1 amide bonds. The minimum atomic E-state index is -0.836. The second-order valence-corrected chi connectivity index (χ2v) is 1.33. The number of hydrogen-bond acceptors (Lipinski definition) is 3. The van der Waals surface area contributed by atoms with Gasteiger partial charge in [-0.1, -0.05) is 6.08 Å². The van der Waals surface area contributed by atoms with E-state index in [0.29, 0.717) is 6.42 Å². The highest BCUT2D eigenvalue weighted by Crippen LogP contribution is 1.82. The summed E-state index contributed by atoms with van der Waals surface area (Å²) in [6.45, 7) is 3.66. The highest BCUT2D eigenvalue weighted by molar-refractivity contribution is 5.65. The minimum absolute atomic E-state index is 0.246. The number of rotatable bonds is 3. The Labute approximate surface area is 53.1 Å². The van der Waals surface area contributed by atoms with Gasteiger partial charge in [0.25, 0.3) is 0 Å². The molecule has 0 rings (SSSR count). The van der Waals surface area contributed by atoms with Crippen molar-refractivity contribution in [1.29, 1.82) is 0 Å². The first-order valence-corrected chi connectivity index (χ1v) is 2.49. The van der Waals surface area contributed by atoms with E-state index in [0.717, 1.165) is 0 Å². The van der Waals surface area contributed by atoms with E-state index in [4.69, 9.17) is 5.21 Å². The molecule has 0 bridgehead atoms. The van der Waals surface area contributed by atoms with Gasteiger partial charge in [0.1, 0.15) is 0 Å². The van der Waals surface area contributed by atoms with Gasteiger partial charge in [0.05, 0.1) is 6.61 Å². The predicted molar refractivity (Wildman–Crippen MR) is 31.1 cm³/mol. The molecule has 52 valence electrons. The molecule has 9 heavy (non-hydrogen) atoms. The average molecular weight is 131 g/mol. The summed E-state index contributed by atoms with van der Waals surface area (Å²) >= 11 is 0. The third-order valence-electron chi connectivity index (χ3n) is 0.646. The number of nitrogens with one attached hydrogen (secondary N) is 1. The van der Waals surface area contributed by atoms with Crippen molar-refractivity contribution in [2.75, 3.05) is 6.61 Å². The fourth-order valence-corrected chi connectivity index (χ4v) is 0.267. The van der Waals surface area contributed by atoms with Crippen LogP contribution in [0.5, 0.6) is 0 Å². The summed E-state index contributed by atoms with van der Waals surface area (Å²) in [5.41, 5.74) is 1.33. The van der Waals surface area contributed by atoms with Crippen LogP contribution in [-0.2, 0) is 4.74 Å². The highest BCUT2D eigenvalue weighted by Gasteiger charge is 1.94. The van der Waals surface area contributed by atoms with Crippen LogP contribution in [0.2, 0.25) is 0 Å². The molecule has 0 atom stereocenters. The van der Waals surface area contributed by atoms with Crippen LogP contribution in [0, 0.1) is 0 Å². The van der Waals surface area contributed by atoms with Gasteiger partial charge in [-0.25, -0.2) is 10.3 Å². The molecule has 0 heterocycles. The minimum Gasteiger partial charge on any atom is -0.448 e. The van der Waals surface area contributed by atoms with Crippen LogP contribution in [0.4, 0.5) is 4.79 Å². The van der Waals surface area contributed by atoms with E-state index in [9.17, 15) is 4.79 Å². The molecule has 0 saturated carbocycles. The Balaban J connectivity index is 3.06. The molecule has 4 nitrogen and oxygen atoms in total. The van der Waals surface area contributed by atoms with Gasteiger partial charge < -0.3 is 4.74 Å². The summed E-state index contributed by atoms with van der Waals surface area (Å²) in [5, 5.41) is 7.88. The molecule has 0 aliphatic heterocycles. The van der Waals surface area contributed by atoms with E-state index in [2.05, 4.69) is 11.3 Å². The first-order chi connectivity index (χ1) is 4.31.